The Labute approximate surface area is 133 Å². The molecular weight excluding hydrogens is 316 g/mol. The summed E-state index contributed by atoms with van der Waals surface area (Å²) in [6.45, 7) is 0. The van der Waals surface area contributed by atoms with Crippen LogP contribution in [0, 0.1) is 0 Å². The number of fused-ring (bicyclic) bond motifs is 1. The highest BCUT2D eigenvalue weighted by molar-refractivity contribution is 7.88. The van der Waals surface area contributed by atoms with Crippen molar-refractivity contribution >= 4 is 32.6 Å². The maximum atomic E-state index is 12.2. The van der Waals surface area contributed by atoms with Crippen LogP contribution in [0.4, 0.5) is 5.69 Å². The molecule has 2 aromatic carbocycles. The Balaban J connectivity index is 1.74. The molecule has 0 radical (unpaired) electrons. The first-order valence-electron chi connectivity index (χ1n) is 6.80. The molecule has 3 aromatic rings. The molecule has 0 unspecified atom stereocenters. The van der Waals surface area contributed by atoms with Crippen LogP contribution in [0.5, 0.6) is 0 Å². The van der Waals surface area contributed by atoms with Crippen LogP contribution < -0.4 is 10.5 Å². The van der Waals surface area contributed by atoms with Crippen molar-refractivity contribution in [2.24, 2.45) is 5.14 Å². The van der Waals surface area contributed by atoms with Crippen molar-refractivity contribution in [3.8, 4) is 0 Å². The molecule has 0 atom stereocenters. The summed E-state index contributed by atoms with van der Waals surface area (Å²) in [6, 6.07) is 15.4. The van der Waals surface area contributed by atoms with Gasteiger partial charge in [-0.25, -0.2) is 13.6 Å². The average Bonchev–Trinajstić information content (AvgIpc) is 2.92. The molecule has 1 aromatic heterocycles. The first-order chi connectivity index (χ1) is 10.9. The fourth-order valence-corrected chi connectivity index (χ4v) is 2.86. The summed E-state index contributed by atoms with van der Waals surface area (Å²) in [4.78, 5) is 12.2. The number of nitrogens with one attached hydrogen (secondary N) is 1. The lowest BCUT2D eigenvalue weighted by atomic mass is 10.2. The van der Waals surface area contributed by atoms with Gasteiger partial charge in [-0.1, -0.05) is 30.3 Å². The Morgan fingerprint density at radius 2 is 1.78 bits per heavy atom. The molecule has 1 amide bonds. The van der Waals surface area contributed by atoms with Gasteiger partial charge in [0.2, 0.25) is 10.0 Å². The van der Waals surface area contributed by atoms with E-state index in [0.29, 0.717) is 16.8 Å². The fourth-order valence-electron chi connectivity index (χ4n) is 2.20. The third-order valence-corrected chi connectivity index (χ3v) is 3.96. The van der Waals surface area contributed by atoms with Crippen LogP contribution in [0.25, 0.3) is 11.0 Å². The molecule has 6 nitrogen and oxygen atoms in total. The van der Waals surface area contributed by atoms with Gasteiger partial charge in [0, 0.05) is 11.1 Å². The van der Waals surface area contributed by atoms with Gasteiger partial charge < -0.3 is 9.73 Å². The molecule has 0 fully saturated rings. The Kier molecular flexibility index (Phi) is 3.89. The smallest absolute Gasteiger partial charge is 0.291 e. The largest absolute Gasteiger partial charge is 0.451 e. The molecule has 0 saturated carbocycles. The summed E-state index contributed by atoms with van der Waals surface area (Å²) in [5.41, 5.74) is 1.73. The van der Waals surface area contributed by atoms with E-state index in [9.17, 15) is 13.2 Å². The molecule has 118 valence electrons. The van der Waals surface area contributed by atoms with Crippen LogP contribution in [-0.4, -0.2) is 14.3 Å². The predicted molar refractivity (Wildman–Crippen MR) is 87.4 cm³/mol. The van der Waals surface area contributed by atoms with Crippen LogP contribution >= 0.6 is 0 Å². The number of primary sulfonamides is 1. The lowest BCUT2D eigenvalue weighted by molar-refractivity contribution is 0.0998. The standard InChI is InChI=1S/C16H14N2O4S/c17-23(20,21)10-11-5-7-13(8-6-11)18-16(19)15-9-12-3-1-2-4-14(12)22-15/h1-9H,10H2,(H,18,19)(H2,17,20,21). The van der Waals surface area contributed by atoms with E-state index in [-0.39, 0.29) is 17.4 Å². The molecule has 0 saturated heterocycles. The summed E-state index contributed by atoms with van der Waals surface area (Å²) in [5, 5.41) is 8.53. The van der Waals surface area contributed by atoms with Crippen LogP contribution in [0.2, 0.25) is 0 Å². The zero-order valence-electron chi connectivity index (χ0n) is 12.0. The van der Waals surface area contributed by atoms with Gasteiger partial charge in [0.05, 0.1) is 5.75 Å². The zero-order chi connectivity index (χ0) is 16.4. The molecule has 0 spiro atoms. The molecule has 1 heterocycles. The van der Waals surface area contributed by atoms with Gasteiger partial charge in [-0.05, 0) is 29.8 Å². The SMILES string of the molecule is NS(=O)(=O)Cc1ccc(NC(=O)c2cc3ccccc3o2)cc1. The van der Waals surface area contributed by atoms with Crippen LogP contribution in [0.3, 0.4) is 0 Å². The van der Waals surface area contributed by atoms with Crippen LogP contribution in [0.1, 0.15) is 16.1 Å². The molecule has 0 bridgehead atoms. The van der Waals surface area contributed by atoms with Gasteiger partial charge in [-0.15, -0.1) is 0 Å². The van der Waals surface area contributed by atoms with E-state index in [1.165, 1.54) is 0 Å². The summed E-state index contributed by atoms with van der Waals surface area (Å²) < 4.78 is 27.5. The van der Waals surface area contributed by atoms with E-state index in [1.807, 2.05) is 18.2 Å². The topological polar surface area (TPSA) is 102 Å². The van der Waals surface area contributed by atoms with Gasteiger partial charge in [0.25, 0.3) is 5.91 Å². The molecular formula is C16H14N2O4S. The number of benzene rings is 2. The second-order valence-electron chi connectivity index (χ2n) is 5.11. The Morgan fingerprint density at radius 1 is 1.09 bits per heavy atom. The van der Waals surface area contributed by atoms with Gasteiger partial charge in [-0.2, -0.15) is 0 Å². The van der Waals surface area contributed by atoms with Crippen molar-refractivity contribution in [1.29, 1.82) is 0 Å². The third-order valence-electron chi connectivity index (χ3n) is 3.23. The second kappa shape index (κ2) is 5.86. The number of rotatable bonds is 4. The van der Waals surface area contributed by atoms with Gasteiger partial charge in [0.15, 0.2) is 5.76 Å². The average molecular weight is 330 g/mol. The third kappa shape index (κ3) is 3.77. The minimum atomic E-state index is -3.57. The maximum Gasteiger partial charge on any atom is 0.291 e. The second-order valence-corrected chi connectivity index (χ2v) is 6.72. The number of hydrogen-bond donors (Lipinski definition) is 2. The van der Waals surface area contributed by atoms with Gasteiger partial charge >= 0.3 is 0 Å². The highest BCUT2D eigenvalue weighted by Gasteiger charge is 2.12. The molecule has 3 rings (SSSR count). The minimum absolute atomic E-state index is 0.208. The number of carbonyl (C=O) groups excluding carboxylic acids is 1. The highest BCUT2D eigenvalue weighted by Crippen LogP contribution is 2.20. The predicted octanol–water partition coefficient (Wildman–Crippen LogP) is 2.47. The lowest BCUT2D eigenvalue weighted by Gasteiger charge is -2.04. The number of carbonyl (C=O) groups is 1. The van der Waals surface area contributed by atoms with Crippen molar-refractivity contribution in [2.45, 2.75) is 5.75 Å². The number of hydrogen-bond acceptors (Lipinski definition) is 4. The zero-order valence-corrected chi connectivity index (χ0v) is 12.8. The fraction of sp³-hybridized carbons (Fsp3) is 0.0625. The summed E-state index contributed by atoms with van der Waals surface area (Å²) in [7, 11) is -3.57. The summed E-state index contributed by atoms with van der Waals surface area (Å²) in [5.74, 6) is -0.412. The molecule has 7 heteroatoms. The van der Waals surface area contributed by atoms with Crippen molar-refractivity contribution in [3.63, 3.8) is 0 Å². The van der Waals surface area contributed by atoms with Gasteiger partial charge in [-0.3, -0.25) is 4.79 Å². The van der Waals surface area contributed by atoms with Crippen molar-refractivity contribution in [3.05, 3.63) is 65.9 Å². The summed E-state index contributed by atoms with van der Waals surface area (Å²) in [6.07, 6.45) is 0. The maximum absolute atomic E-state index is 12.2. The quantitative estimate of drug-likeness (QED) is 0.767. The minimum Gasteiger partial charge on any atom is -0.451 e. The van der Waals surface area contributed by atoms with Crippen LogP contribution in [-0.2, 0) is 15.8 Å². The van der Waals surface area contributed by atoms with E-state index >= 15 is 0 Å². The van der Waals surface area contributed by atoms with E-state index in [1.54, 1.807) is 36.4 Å². The van der Waals surface area contributed by atoms with E-state index in [4.69, 9.17) is 9.56 Å². The number of anilines is 1. The molecule has 0 aliphatic heterocycles. The number of furan rings is 1. The first kappa shape index (κ1) is 15.3. The Hall–Kier alpha value is -2.64. The molecule has 23 heavy (non-hydrogen) atoms. The van der Waals surface area contributed by atoms with Crippen molar-refractivity contribution in [1.82, 2.24) is 0 Å². The van der Waals surface area contributed by atoms with Gasteiger partial charge in [0.1, 0.15) is 5.58 Å². The van der Waals surface area contributed by atoms with Crippen molar-refractivity contribution < 1.29 is 17.6 Å². The van der Waals surface area contributed by atoms with E-state index in [0.717, 1.165) is 5.39 Å². The molecule has 0 aliphatic carbocycles. The molecule has 0 aliphatic rings. The summed E-state index contributed by atoms with van der Waals surface area (Å²) >= 11 is 0. The van der Waals surface area contributed by atoms with E-state index < -0.39 is 10.0 Å². The number of sulfonamides is 1. The van der Waals surface area contributed by atoms with Crippen LogP contribution in [0.15, 0.2) is 59.0 Å². The molecule has 3 N–H and O–H groups in total. The Morgan fingerprint density at radius 3 is 2.43 bits per heavy atom. The monoisotopic (exact) mass is 330 g/mol. The Bertz CT molecular complexity index is 926. The van der Waals surface area contributed by atoms with E-state index in [2.05, 4.69) is 5.32 Å². The first-order valence-corrected chi connectivity index (χ1v) is 8.52. The lowest BCUT2D eigenvalue weighted by Crippen LogP contribution is -2.14. The number of nitrogens with two attached hydrogens (primary N) is 1. The number of amides is 1. The van der Waals surface area contributed by atoms with Crippen molar-refractivity contribution in [2.75, 3.05) is 5.32 Å². The normalized spacial score (nSPS) is 11.5. The highest BCUT2D eigenvalue weighted by atomic mass is 32.2. The number of para-hydroxylation sites is 1.